The lowest BCUT2D eigenvalue weighted by atomic mass is 10.0. The van der Waals surface area contributed by atoms with Gasteiger partial charge in [-0.3, -0.25) is 14.4 Å². The van der Waals surface area contributed by atoms with E-state index in [9.17, 15) is 14.4 Å². The molecule has 1 unspecified atom stereocenters. The molecule has 0 radical (unpaired) electrons. The molecule has 0 saturated heterocycles. The summed E-state index contributed by atoms with van der Waals surface area (Å²) in [6, 6.07) is 0. The molecular formula is C75H134O6. The van der Waals surface area contributed by atoms with Crippen molar-refractivity contribution in [1.82, 2.24) is 0 Å². The lowest BCUT2D eigenvalue weighted by molar-refractivity contribution is -0.167. The van der Waals surface area contributed by atoms with Crippen molar-refractivity contribution in [3.8, 4) is 0 Å². The first kappa shape index (κ1) is 77.9. The van der Waals surface area contributed by atoms with Crippen molar-refractivity contribution in [2.24, 2.45) is 0 Å². The minimum absolute atomic E-state index is 0.0783. The summed E-state index contributed by atoms with van der Waals surface area (Å²) in [5.74, 6) is -0.874. The number of hydrogen-bond acceptors (Lipinski definition) is 6. The Morgan fingerprint density at radius 2 is 0.444 bits per heavy atom. The van der Waals surface area contributed by atoms with Gasteiger partial charge in [0, 0.05) is 19.3 Å². The molecule has 0 spiro atoms. The average Bonchev–Trinajstić information content (AvgIpc) is 3.47. The Kier molecular flexibility index (Phi) is 66.6. The second-order valence-corrected chi connectivity index (χ2v) is 23.8. The van der Waals surface area contributed by atoms with Crippen LogP contribution in [-0.4, -0.2) is 37.2 Å². The summed E-state index contributed by atoms with van der Waals surface area (Å²) in [4.78, 5) is 38.4. The highest BCUT2D eigenvalue weighted by Crippen LogP contribution is 2.17. The minimum atomic E-state index is -0.784. The molecule has 0 heterocycles. The zero-order chi connectivity index (χ0) is 58.5. The number of hydrogen-bond donors (Lipinski definition) is 0. The van der Waals surface area contributed by atoms with Crippen LogP contribution in [0.4, 0.5) is 0 Å². The van der Waals surface area contributed by atoms with E-state index in [-0.39, 0.29) is 31.1 Å². The van der Waals surface area contributed by atoms with Crippen molar-refractivity contribution < 1.29 is 28.6 Å². The quantitative estimate of drug-likeness (QED) is 0.0261. The molecular weight excluding hydrogens is 997 g/mol. The van der Waals surface area contributed by atoms with Crippen molar-refractivity contribution in [1.29, 1.82) is 0 Å². The summed E-state index contributed by atoms with van der Waals surface area (Å²) in [6.45, 7) is 6.62. The molecule has 0 aliphatic carbocycles. The third-order valence-electron chi connectivity index (χ3n) is 15.7. The fourth-order valence-corrected chi connectivity index (χ4v) is 10.3. The van der Waals surface area contributed by atoms with E-state index in [1.165, 1.54) is 238 Å². The molecule has 0 aromatic heterocycles. The van der Waals surface area contributed by atoms with Crippen LogP contribution in [0.5, 0.6) is 0 Å². The fourth-order valence-electron chi connectivity index (χ4n) is 10.3. The number of allylic oxidation sites excluding steroid dienone is 12. The summed E-state index contributed by atoms with van der Waals surface area (Å²) in [7, 11) is 0. The highest BCUT2D eigenvalue weighted by Gasteiger charge is 2.19. The Balaban J connectivity index is 4.26. The zero-order valence-electron chi connectivity index (χ0n) is 54.1. The molecule has 0 aliphatic heterocycles. The number of rotatable bonds is 65. The molecule has 81 heavy (non-hydrogen) atoms. The molecule has 6 nitrogen and oxygen atoms in total. The molecule has 1 atom stereocenters. The monoisotopic (exact) mass is 1130 g/mol. The van der Waals surface area contributed by atoms with Gasteiger partial charge in [0.1, 0.15) is 13.2 Å². The van der Waals surface area contributed by atoms with Crippen LogP contribution in [0.3, 0.4) is 0 Å². The standard InChI is InChI=1S/C75H134O6/c1-4-7-10-13-16-19-22-25-28-31-32-33-34-35-36-37-38-39-40-41-42-45-47-50-53-56-59-62-65-68-74(77)80-71-72(81-75(78)69-66-63-60-57-54-51-48-44-30-27-24-21-18-15-12-9-6-3)70-79-73(76)67-64-61-58-55-52-49-46-43-29-26-23-20-17-14-11-8-5-2/h17-18,20-22,25-27,29-32,72H,4-16,19,23-24,28,33-71H2,1-3H3/b20-17-,21-18-,25-22-,29-26-,30-27-,32-31-. The largest absolute Gasteiger partial charge is 0.462 e. The highest BCUT2D eigenvalue weighted by atomic mass is 16.6. The van der Waals surface area contributed by atoms with E-state index < -0.39 is 6.10 Å². The molecule has 0 rings (SSSR count). The van der Waals surface area contributed by atoms with E-state index in [2.05, 4.69) is 93.7 Å². The van der Waals surface area contributed by atoms with E-state index in [1.807, 2.05) is 0 Å². The Bertz CT molecular complexity index is 1490. The van der Waals surface area contributed by atoms with Crippen LogP contribution in [0.1, 0.15) is 367 Å². The van der Waals surface area contributed by atoms with Crippen molar-refractivity contribution >= 4 is 17.9 Å². The Labute approximate surface area is 503 Å². The van der Waals surface area contributed by atoms with Gasteiger partial charge in [-0.2, -0.15) is 0 Å². The zero-order valence-corrected chi connectivity index (χ0v) is 54.1. The lowest BCUT2D eigenvalue weighted by Gasteiger charge is -2.18. The first-order chi connectivity index (χ1) is 40.0. The molecule has 470 valence electrons. The maximum atomic E-state index is 12.9. The first-order valence-electron chi connectivity index (χ1n) is 35.4. The second kappa shape index (κ2) is 69.3. The Morgan fingerprint density at radius 1 is 0.247 bits per heavy atom. The van der Waals surface area contributed by atoms with Crippen molar-refractivity contribution in [2.75, 3.05) is 13.2 Å². The summed E-state index contributed by atoms with van der Waals surface area (Å²) in [5.41, 5.74) is 0. The molecule has 0 saturated carbocycles. The van der Waals surface area contributed by atoms with Gasteiger partial charge >= 0.3 is 17.9 Å². The van der Waals surface area contributed by atoms with Crippen LogP contribution in [0.25, 0.3) is 0 Å². The van der Waals surface area contributed by atoms with Crippen LogP contribution < -0.4 is 0 Å². The van der Waals surface area contributed by atoms with E-state index in [0.717, 1.165) is 89.9 Å². The predicted molar refractivity (Wildman–Crippen MR) is 353 cm³/mol. The number of carbonyl (C=O) groups is 3. The van der Waals surface area contributed by atoms with Gasteiger partial charge in [0.25, 0.3) is 0 Å². The van der Waals surface area contributed by atoms with Crippen LogP contribution in [0.15, 0.2) is 72.9 Å². The predicted octanol–water partition coefficient (Wildman–Crippen LogP) is 24.4. The molecule has 0 N–H and O–H groups in total. The fraction of sp³-hybridized carbons (Fsp3) is 0.800. The number of ether oxygens (including phenoxy) is 3. The number of unbranched alkanes of at least 4 members (excludes halogenated alkanes) is 42. The minimum Gasteiger partial charge on any atom is -0.462 e. The average molecular weight is 1130 g/mol. The van der Waals surface area contributed by atoms with Gasteiger partial charge in [0.2, 0.25) is 0 Å². The van der Waals surface area contributed by atoms with Crippen molar-refractivity contribution in [3.05, 3.63) is 72.9 Å². The van der Waals surface area contributed by atoms with Gasteiger partial charge in [-0.1, -0.05) is 306 Å². The Morgan fingerprint density at radius 3 is 0.704 bits per heavy atom. The van der Waals surface area contributed by atoms with Gasteiger partial charge in [-0.05, 0) is 116 Å². The van der Waals surface area contributed by atoms with Crippen molar-refractivity contribution in [2.45, 2.75) is 374 Å². The third-order valence-corrected chi connectivity index (χ3v) is 15.7. The molecule has 0 aliphatic rings. The van der Waals surface area contributed by atoms with E-state index in [4.69, 9.17) is 14.2 Å². The smallest absolute Gasteiger partial charge is 0.306 e. The van der Waals surface area contributed by atoms with E-state index in [1.54, 1.807) is 0 Å². The number of carbonyl (C=O) groups excluding carboxylic acids is 3. The van der Waals surface area contributed by atoms with Crippen molar-refractivity contribution in [3.63, 3.8) is 0 Å². The summed E-state index contributed by atoms with van der Waals surface area (Å²) in [5, 5.41) is 0. The highest BCUT2D eigenvalue weighted by molar-refractivity contribution is 5.71. The SMILES string of the molecule is CCCCC/C=C\C/C=C\CCCCCCCCCC(=O)OCC(COC(=O)CCCCCCCCCCCCCCCCCCC/C=C\C/C=C\CCCCCCC)OC(=O)CCCCCCCCC/C=C\C/C=C\CCCCC. The maximum absolute atomic E-state index is 12.9. The normalized spacial score (nSPS) is 12.5. The van der Waals surface area contributed by atoms with Gasteiger partial charge in [-0.15, -0.1) is 0 Å². The molecule has 6 heteroatoms. The second-order valence-electron chi connectivity index (χ2n) is 23.8. The van der Waals surface area contributed by atoms with Crippen LogP contribution in [-0.2, 0) is 28.6 Å². The van der Waals surface area contributed by atoms with Crippen LogP contribution in [0.2, 0.25) is 0 Å². The topological polar surface area (TPSA) is 78.9 Å². The number of esters is 3. The van der Waals surface area contributed by atoms with Gasteiger partial charge in [-0.25, -0.2) is 0 Å². The van der Waals surface area contributed by atoms with Crippen LogP contribution >= 0.6 is 0 Å². The van der Waals surface area contributed by atoms with E-state index >= 15 is 0 Å². The molecule has 0 aromatic carbocycles. The maximum Gasteiger partial charge on any atom is 0.306 e. The summed E-state index contributed by atoms with van der Waals surface area (Å²) in [6.07, 6.45) is 90.7. The van der Waals surface area contributed by atoms with Gasteiger partial charge < -0.3 is 14.2 Å². The lowest BCUT2D eigenvalue weighted by Crippen LogP contribution is -2.30. The molecule has 0 fully saturated rings. The van der Waals surface area contributed by atoms with Gasteiger partial charge in [0.05, 0.1) is 0 Å². The Hall–Kier alpha value is -3.15. The van der Waals surface area contributed by atoms with Crippen LogP contribution in [0, 0.1) is 0 Å². The molecule has 0 amide bonds. The van der Waals surface area contributed by atoms with E-state index in [0.29, 0.717) is 19.3 Å². The molecule has 0 aromatic rings. The third kappa shape index (κ3) is 67.5. The summed E-state index contributed by atoms with van der Waals surface area (Å²) >= 11 is 0. The molecule has 0 bridgehead atoms. The first-order valence-corrected chi connectivity index (χ1v) is 35.4. The summed E-state index contributed by atoms with van der Waals surface area (Å²) < 4.78 is 17.0. The van der Waals surface area contributed by atoms with Gasteiger partial charge in [0.15, 0.2) is 6.10 Å².